The number of pyridine rings is 1. The van der Waals surface area contributed by atoms with Gasteiger partial charge in [-0.2, -0.15) is 0 Å². The Hall–Kier alpha value is -2.47. The predicted molar refractivity (Wildman–Crippen MR) is 90.7 cm³/mol. The molecule has 3 rings (SSSR count). The van der Waals surface area contributed by atoms with Gasteiger partial charge < -0.3 is 9.84 Å². The fourth-order valence-electron chi connectivity index (χ4n) is 2.71. The second-order valence-corrected chi connectivity index (χ2v) is 5.86. The van der Waals surface area contributed by atoms with Crippen LogP contribution in [0.2, 0.25) is 0 Å². The lowest BCUT2D eigenvalue weighted by Crippen LogP contribution is -2.29. The van der Waals surface area contributed by atoms with Gasteiger partial charge in [0.05, 0.1) is 12.2 Å². The van der Waals surface area contributed by atoms with Gasteiger partial charge in [-0.3, -0.25) is 14.7 Å². The molecule has 6 nitrogen and oxygen atoms in total. The number of hydrogen-bond acceptors (Lipinski definition) is 5. The van der Waals surface area contributed by atoms with Crippen molar-refractivity contribution in [3.63, 3.8) is 0 Å². The maximum atomic E-state index is 11.3. The van der Waals surface area contributed by atoms with Gasteiger partial charge in [-0.25, -0.2) is 0 Å². The third-order valence-electron chi connectivity index (χ3n) is 4.01. The Kier molecular flexibility index (Phi) is 5.38. The molecule has 2 aromatic rings. The number of hydrogen-bond donors (Lipinski definition) is 1. The molecule has 1 aliphatic rings. The smallest absolute Gasteiger partial charge is 0.220 e. The summed E-state index contributed by atoms with van der Waals surface area (Å²) in [4.78, 5) is 18.1. The van der Waals surface area contributed by atoms with Gasteiger partial charge in [0.1, 0.15) is 5.69 Å². The van der Waals surface area contributed by atoms with E-state index in [2.05, 4.69) is 26.4 Å². The molecule has 0 unspecified atom stereocenters. The van der Waals surface area contributed by atoms with Crippen molar-refractivity contribution in [2.24, 2.45) is 0 Å². The van der Waals surface area contributed by atoms with E-state index in [4.69, 9.17) is 4.52 Å². The normalized spacial score (nSPS) is 15.1. The molecule has 1 amide bonds. The van der Waals surface area contributed by atoms with Crippen LogP contribution in [-0.4, -0.2) is 34.0 Å². The summed E-state index contributed by atoms with van der Waals surface area (Å²) in [5.74, 6) is 0.681. The Balaban J connectivity index is 1.59. The molecule has 0 radical (unpaired) electrons. The number of aromatic nitrogens is 2. The van der Waals surface area contributed by atoms with Crippen LogP contribution in [0.25, 0.3) is 5.57 Å². The third-order valence-corrected chi connectivity index (χ3v) is 4.01. The largest absolute Gasteiger partial charge is 0.359 e. The predicted octanol–water partition coefficient (Wildman–Crippen LogP) is 2.39. The maximum Gasteiger partial charge on any atom is 0.220 e. The van der Waals surface area contributed by atoms with E-state index in [9.17, 15) is 4.79 Å². The minimum absolute atomic E-state index is 0.00590. The molecule has 0 saturated carbocycles. The van der Waals surface area contributed by atoms with Gasteiger partial charge in [-0.05, 0) is 24.1 Å². The number of carbonyl (C=O) groups excluding carboxylic acids is 1. The van der Waals surface area contributed by atoms with Crippen molar-refractivity contribution < 1.29 is 9.32 Å². The quantitative estimate of drug-likeness (QED) is 0.882. The first-order valence-electron chi connectivity index (χ1n) is 8.28. The van der Waals surface area contributed by atoms with Gasteiger partial charge in [0, 0.05) is 38.3 Å². The van der Waals surface area contributed by atoms with Crippen molar-refractivity contribution in [3.05, 3.63) is 53.7 Å². The lowest BCUT2D eigenvalue weighted by atomic mass is 10.1. The van der Waals surface area contributed by atoms with E-state index < -0.39 is 0 Å². The Bertz CT molecular complexity index is 709. The molecule has 0 saturated heterocycles. The van der Waals surface area contributed by atoms with Crippen LogP contribution in [0.4, 0.5) is 0 Å². The Morgan fingerprint density at radius 3 is 3.12 bits per heavy atom. The average molecular weight is 326 g/mol. The fraction of sp³-hybridized carbons (Fsp3) is 0.389. The number of amides is 1. The molecule has 0 aliphatic carbocycles. The Morgan fingerprint density at radius 1 is 1.42 bits per heavy atom. The summed E-state index contributed by atoms with van der Waals surface area (Å²) in [7, 11) is 0. The van der Waals surface area contributed by atoms with Gasteiger partial charge in [0.2, 0.25) is 5.91 Å². The summed E-state index contributed by atoms with van der Waals surface area (Å²) < 4.78 is 5.33. The van der Waals surface area contributed by atoms with E-state index in [0.29, 0.717) is 18.7 Å². The van der Waals surface area contributed by atoms with Crippen molar-refractivity contribution in [2.75, 3.05) is 13.1 Å². The van der Waals surface area contributed by atoms with Crippen LogP contribution in [0.3, 0.4) is 0 Å². The Labute approximate surface area is 141 Å². The van der Waals surface area contributed by atoms with Crippen molar-refractivity contribution in [3.8, 4) is 0 Å². The highest BCUT2D eigenvalue weighted by atomic mass is 16.5. The number of nitrogens with one attached hydrogen (secondary N) is 1. The zero-order chi connectivity index (χ0) is 16.8. The minimum atomic E-state index is 0.00590. The second-order valence-electron chi connectivity index (χ2n) is 5.86. The summed E-state index contributed by atoms with van der Waals surface area (Å²) in [5.41, 5.74) is 3.08. The number of rotatable bonds is 6. The van der Waals surface area contributed by atoms with Crippen LogP contribution in [0.5, 0.6) is 0 Å². The zero-order valence-electron chi connectivity index (χ0n) is 13.9. The van der Waals surface area contributed by atoms with E-state index in [-0.39, 0.29) is 5.91 Å². The molecular formula is C18H22N4O2. The van der Waals surface area contributed by atoms with Gasteiger partial charge in [-0.1, -0.05) is 24.2 Å². The molecule has 0 spiro atoms. The first-order chi connectivity index (χ1) is 11.7. The number of carbonyl (C=O) groups is 1. The monoisotopic (exact) mass is 326 g/mol. The summed E-state index contributed by atoms with van der Waals surface area (Å²) in [6.07, 6.45) is 5.48. The van der Waals surface area contributed by atoms with Crippen LogP contribution in [0, 0.1) is 0 Å². The van der Waals surface area contributed by atoms with E-state index in [0.717, 1.165) is 43.0 Å². The van der Waals surface area contributed by atoms with Gasteiger partial charge in [-0.15, -0.1) is 0 Å². The minimum Gasteiger partial charge on any atom is -0.359 e. The molecule has 0 atom stereocenters. The van der Waals surface area contributed by atoms with E-state index >= 15 is 0 Å². The summed E-state index contributed by atoms with van der Waals surface area (Å²) >= 11 is 0. The first-order valence-corrected chi connectivity index (χ1v) is 8.28. The van der Waals surface area contributed by atoms with Crippen LogP contribution >= 0.6 is 0 Å². The van der Waals surface area contributed by atoms with Crippen LogP contribution in [-0.2, 0) is 17.9 Å². The van der Waals surface area contributed by atoms with Crippen LogP contribution in [0.1, 0.15) is 36.9 Å². The summed E-state index contributed by atoms with van der Waals surface area (Å²) in [6, 6.07) is 7.89. The average Bonchev–Trinajstić information content (AvgIpc) is 3.10. The summed E-state index contributed by atoms with van der Waals surface area (Å²) in [5, 5.41) is 6.94. The first kappa shape index (κ1) is 16.4. The molecule has 6 heteroatoms. The SMILES string of the molecule is CCC(=O)NCc1cc(C2=CCCN(Cc3ccccn3)C2)no1. The van der Waals surface area contributed by atoms with Crippen molar-refractivity contribution in [1.29, 1.82) is 0 Å². The highest BCUT2D eigenvalue weighted by Gasteiger charge is 2.17. The maximum absolute atomic E-state index is 11.3. The Morgan fingerprint density at radius 2 is 2.33 bits per heavy atom. The third kappa shape index (κ3) is 4.29. The molecule has 1 aliphatic heterocycles. The van der Waals surface area contributed by atoms with E-state index in [1.165, 1.54) is 0 Å². The van der Waals surface area contributed by atoms with Gasteiger partial charge in [0.15, 0.2) is 5.76 Å². The molecule has 0 fully saturated rings. The van der Waals surface area contributed by atoms with Crippen molar-refractivity contribution >= 4 is 11.5 Å². The molecule has 24 heavy (non-hydrogen) atoms. The van der Waals surface area contributed by atoms with Gasteiger partial charge in [0.25, 0.3) is 0 Å². The molecule has 1 N–H and O–H groups in total. The molecule has 0 aromatic carbocycles. The van der Waals surface area contributed by atoms with E-state index in [1.807, 2.05) is 37.4 Å². The summed E-state index contributed by atoms with van der Waals surface area (Å²) in [6.45, 7) is 4.87. The molecule has 3 heterocycles. The lowest BCUT2D eigenvalue weighted by molar-refractivity contribution is -0.121. The number of nitrogens with zero attached hydrogens (tertiary/aromatic N) is 3. The molecule has 2 aromatic heterocycles. The van der Waals surface area contributed by atoms with Crippen molar-refractivity contribution in [2.45, 2.75) is 32.9 Å². The molecular weight excluding hydrogens is 304 g/mol. The van der Waals surface area contributed by atoms with Crippen LogP contribution in [0.15, 0.2) is 41.1 Å². The standard InChI is InChI=1S/C18H22N4O2/c1-2-18(23)20-11-16-10-17(21-24-16)14-6-5-9-22(12-14)13-15-7-3-4-8-19-15/h3-4,6-8,10H,2,5,9,11-13H2,1H3,(H,20,23). The van der Waals surface area contributed by atoms with Crippen molar-refractivity contribution in [1.82, 2.24) is 20.4 Å². The molecule has 126 valence electrons. The van der Waals surface area contributed by atoms with Gasteiger partial charge >= 0.3 is 0 Å². The topological polar surface area (TPSA) is 71.3 Å². The second kappa shape index (κ2) is 7.88. The highest BCUT2D eigenvalue weighted by Crippen LogP contribution is 2.21. The van der Waals surface area contributed by atoms with E-state index in [1.54, 1.807) is 0 Å². The zero-order valence-corrected chi connectivity index (χ0v) is 13.9. The van der Waals surface area contributed by atoms with Crippen LogP contribution < -0.4 is 5.32 Å². The lowest BCUT2D eigenvalue weighted by Gasteiger charge is -2.26. The highest BCUT2D eigenvalue weighted by molar-refractivity contribution is 5.75. The molecule has 0 bridgehead atoms. The fourth-order valence-corrected chi connectivity index (χ4v) is 2.71.